The Labute approximate surface area is 124 Å². The zero-order valence-electron chi connectivity index (χ0n) is 11.9. The number of phenols is 2. The van der Waals surface area contributed by atoms with Gasteiger partial charge in [0.15, 0.2) is 11.5 Å². The number of hydrogen-bond acceptors (Lipinski definition) is 3. The van der Waals surface area contributed by atoms with Gasteiger partial charge >= 0.3 is 0 Å². The van der Waals surface area contributed by atoms with Crippen LogP contribution >= 0.6 is 0 Å². The van der Waals surface area contributed by atoms with E-state index in [0.29, 0.717) is 5.75 Å². The first-order chi connectivity index (χ1) is 10.1. The van der Waals surface area contributed by atoms with Crippen LogP contribution in [0.4, 0.5) is 0 Å². The van der Waals surface area contributed by atoms with Gasteiger partial charge in [-0.3, -0.25) is 0 Å². The third-order valence-electron chi connectivity index (χ3n) is 3.23. The maximum atomic E-state index is 9.84. The van der Waals surface area contributed by atoms with Gasteiger partial charge in [-0.25, -0.2) is 0 Å². The Kier molecular flexibility index (Phi) is 4.67. The molecule has 0 radical (unpaired) electrons. The summed E-state index contributed by atoms with van der Waals surface area (Å²) in [5.41, 5.74) is 1.91. The topological polar surface area (TPSA) is 49.7 Å². The standard InChI is InChI=1S/C18H18O3/c1-3-14(7-4-13-5-9-16(19)10-6-13)15-8-11-18(21-2)17(20)12-15/h3-12,14,19-20H,1H2,2H3/t14-/m0/s1. The molecule has 2 N–H and O–H groups in total. The van der Waals surface area contributed by atoms with Crippen molar-refractivity contribution in [1.29, 1.82) is 0 Å². The van der Waals surface area contributed by atoms with Gasteiger partial charge < -0.3 is 14.9 Å². The first-order valence-electron chi connectivity index (χ1n) is 6.60. The minimum absolute atomic E-state index is 0.0180. The Bertz CT molecular complexity index is 642. The lowest BCUT2D eigenvalue weighted by atomic mass is 9.97. The average molecular weight is 282 g/mol. The number of allylic oxidation sites excluding steroid dienone is 2. The smallest absolute Gasteiger partial charge is 0.160 e. The molecule has 0 aliphatic rings. The van der Waals surface area contributed by atoms with Gasteiger partial charge in [-0.1, -0.05) is 36.4 Å². The molecule has 2 rings (SSSR count). The summed E-state index contributed by atoms with van der Waals surface area (Å²) >= 11 is 0. The molecule has 0 bridgehead atoms. The van der Waals surface area contributed by atoms with Gasteiger partial charge in [0.05, 0.1) is 7.11 Å². The zero-order valence-corrected chi connectivity index (χ0v) is 11.9. The number of aromatic hydroxyl groups is 2. The van der Waals surface area contributed by atoms with Gasteiger partial charge in [0, 0.05) is 5.92 Å². The molecule has 108 valence electrons. The second kappa shape index (κ2) is 6.66. The van der Waals surface area contributed by atoms with Crippen LogP contribution in [0.3, 0.4) is 0 Å². The molecular formula is C18H18O3. The van der Waals surface area contributed by atoms with E-state index in [9.17, 15) is 10.2 Å². The van der Waals surface area contributed by atoms with Gasteiger partial charge in [0.25, 0.3) is 0 Å². The van der Waals surface area contributed by atoms with Crippen LogP contribution in [-0.2, 0) is 0 Å². The lowest BCUT2D eigenvalue weighted by molar-refractivity contribution is 0.373. The van der Waals surface area contributed by atoms with Crippen LogP contribution in [0.15, 0.2) is 61.2 Å². The SMILES string of the molecule is C=C[C@@H](C=Cc1ccc(O)cc1)c1ccc(OC)c(O)c1. The highest BCUT2D eigenvalue weighted by atomic mass is 16.5. The van der Waals surface area contributed by atoms with Crippen molar-refractivity contribution in [3.8, 4) is 17.2 Å². The van der Waals surface area contributed by atoms with E-state index in [1.165, 1.54) is 7.11 Å². The van der Waals surface area contributed by atoms with E-state index < -0.39 is 0 Å². The maximum absolute atomic E-state index is 9.84. The highest BCUT2D eigenvalue weighted by Gasteiger charge is 2.08. The summed E-state index contributed by atoms with van der Waals surface area (Å²) in [6.45, 7) is 3.83. The summed E-state index contributed by atoms with van der Waals surface area (Å²) in [4.78, 5) is 0. The second-order valence-corrected chi connectivity index (χ2v) is 4.64. The largest absolute Gasteiger partial charge is 0.508 e. The van der Waals surface area contributed by atoms with E-state index >= 15 is 0 Å². The van der Waals surface area contributed by atoms with Crippen molar-refractivity contribution in [2.45, 2.75) is 5.92 Å². The molecule has 0 unspecified atom stereocenters. The van der Waals surface area contributed by atoms with Crippen LogP contribution in [0.5, 0.6) is 17.2 Å². The van der Waals surface area contributed by atoms with Crippen molar-refractivity contribution in [2.24, 2.45) is 0 Å². The lowest BCUT2D eigenvalue weighted by Gasteiger charge is -2.10. The summed E-state index contributed by atoms with van der Waals surface area (Å²) in [7, 11) is 1.52. The fourth-order valence-corrected chi connectivity index (χ4v) is 2.04. The molecule has 21 heavy (non-hydrogen) atoms. The molecule has 0 fully saturated rings. The quantitative estimate of drug-likeness (QED) is 0.812. The van der Waals surface area contributed by atoms with E-state index in [1.54, 1.807) is 30.3 Å². The van der Waals surface area contributed by atoms with Gasteiger partial charge in [-0.05, 0) is 35.4 Å². The predicted octanol–water partition coefficient (Wildman–Crippen LogP) is 4.09. The summed E-state index contributed by atoms with van der Waals surface area (Å²) in [5.74, 6) is 0.784. The van der Waals surface area contributed by atoms with Crippen molar-refractivity contribution < 1.29 is 14.9 Å². The van der Waals surface area contributed by atoms with Crippen LogP contribution in [0.2, 0.25) is 0 Å². The van der Waals surface area contributed by atoms with E-state index in [1.807, 2.05) is 30.4 Å². The lowest BCUT2D eigenvalue weighted by Crippen LogP contribution is -1.92. The predicted molar refractivity (Wildman–Crippen MR) is 84.7 cm³/mol. The number of methoxy groups -OCH3 is 1. The summed E-state index contributed by atoms with van der Waals surface area (Å²) in [6, 6.07) is 12.2. The van der Waals surface area contributed by atoms with E-state index in [-0.39, 0.29) is 17.4 Å². The fourth-order valence-electron chi connectivity index (χ4n) is 2.04. The van der Waals surface area contributed by atoms with Crippen molar-refractivity contribution in [1.82, 2.24) is 0 Å². The molecule has 0 amide bonds. The maximum Gasteiger partial charge on any atom is 0.160 e. The molecule has 0 spiro atoms. The number of phenolic OH excluding ortho intramolecular Hbond substituents is 2. The molecule has 3 heteroatoms. The van der Waals surface area contributed by atoms with Gasteiger partial charge in [0.2, 0.25) is 0 Å². The van der Waals surface area contributed by atoms with E-state index in [0.717, 1.165) is 11.1 Å². The van der Waals surface area contributed by atoms with Crippen LogP contribution in [-0.4, -0.2) is 17.3 Å². The monoisotopic (exact) mass is 282 g/mol. The molecule has 3 nitrogen and oxygen atoms in total. The number of hydrogen-bond donors (Lipinski definition) is 2. The molecule has 0 aliphatic carbocycles. The molecule has 0 aromatic heterocycles. The Hall–Kier alpha value is -2.68. The Balaban J connectivity index is 2.21. The summed E-state index contributed by atoms with van der Waals surface area (Å²) in [6.07, 6.45) is 5.74. The zero-order chi connectivity index (χ0) is 15.2. The molecular weight excluding hydrogens is 264 g/mol. The molecule has 0 saturated carbocycles. The van der Waals surface area contributed by atoms with Crippen LogP contribution in [0.1, 0.15) is 17.0 Å². The average Bonchev–Trinajstić information content (AvgIpc) is 2.50. The number of benzene rings is 2. The van der Waals surface area contributed by atoms with Crippen LogP contribution in [0, 0.1) is 0 Å². The minimum Gasteiger partial charge on any atom is -0.508 e. The van der Waals surface area contributed by atoms with Crippen LogP contribution < -0.4 is 4.74 Å². The van der Waals surface area contributed by atoms with E-state index in [4.69, 9.17) is 4.74 Å². The van der Waals surface area contributed by atoms with Crippen molar-refractivity contribution in [2.75, 3.05) is 7.11 Å². The molecule has 2 aromatic carbocycles. The molecule has 1 atom stereocenters. The minimum atomic E-state index is -0.0180. The first-order valence-corrected chi connectivity index (χ1v) is 6.60. The third kappa shape index (κ3) is 3.66. The van der Waals surface area contributed by atoms with Gasteiger partial charge in [-0.2, -0.15) is 0 Å². The highest BCUT2D eigenvalue weighted by molar-refractivity contribution is 5.53. The molecule has 0 aliphatic heterocycles. The Morgan fingerprint density at radius 3 is 2.38 bits per heavy atom. The fraction of sp³-hybridized carbons (Fsp3) is 0.111. The van der Waals surface area contributed by atoms with E-state index in [2.05, 4.69) is 6.58 Å². The molecule has 2 aromatic rings. The van der Waals surface area contributed by atoms with Crippen molar-refractivity contribution >= 4 is 6.08 Å². The number of rotatable bonds is 5. The van der Waals surface area contributed by atoms with Crippen LogP contribution in [0.25, 0.3) is 6.08 Å². The normalized spacial score (nSPS) is 12.2. The molecule has 0 saturated heterocycles. The van der Waals surface area contributed by atoms with Crippen molar-refractivity contribution in [3.63, 3.8) is 0 Å². The molecule has 0 heterocycles. The Morgan fingerprint density at radius 2 is 1.81 bits per heavy atom. The first kappa shape index (κ1) is 14.7. The second-order valence-electron chi connectivity index (χ2n) is 4.64. The van der Waals surface area contributed by atoms with Gasteiger partial charge in [0.1, 0.15) is 5.75 Å². The summed E-state index contributed by atoms with van der Waals surface area (Å²) in [5, 5.41) is 19.1. The highest BCUT2D eigenvalue weighted by Crippen LogP contribution is 2.30. The third-order valence-corrected chi connectivity index (χ3v) is 3.23. The number of ether oxygens (including phenoxy) is 1. The van der Waals surface area contributed by atoms with Gasteiger partial charge in [-0.15, -0.1) is 6.58 Å². The summed E-state index contributed by atoms with van der Waals surface area (Å²) < 4.78 is 5.04. The van der Waals surface area contributed by atoms with Crippen molar-refractivity contribution in [3.05, 3.63) is 72.3 Å². The Morgan fingerprint density at radius 1 is 1.10 bits per heavy atom.